The minimum atomic E-state index is 0.300. The third-order valence-corrected chi connectivity index (χ3v) is 1.66. The molecule has 0 bridgehead atoms. The third kappa shape index (κ3) is 1.73. The lowest BCUT2D eigenvalue weighted by molar-refractivity contribution is 0.488. The molecule has 1 rings (SSSR count). The number of aromatic nitrogens is 2. The second-order valence-electron chi connectivity index (χ2n) is 2.35. The Labute approximate surface area is 71.6 Å². The Hall–Kier alpha value is -1.10. The van der Waals surface area contributed by atoms with Crippen LogP contribution in [0.2, 0.25) is 0 Å². The largest absolute Gasteiger partial charge is 0.407 e. The van der Waals surface area contributed by atoms with E-state index in [0.717, 1.165) is 13.1 Å². The van der Waals surface area contributed by atoms with E-state index < -0.39 is 0 Å². The highest BCUT2D eigenvalue weighted by Crippen LogP contribution is 2.10. The summed E-state index contributed by atoms with van der Waals surface area (Å²) in [6, 6.07) is 0.556. The van der Waals surface area contributed by atoms with Crippen LogP contribution in [0, 0.1) is 0 Å². The van der Waals surface area contributed by atoms with Crippen LogP contribution in [0.1, 0.15) is 19.7 Å². The lowest BCUT2D eigenvalue weighted by atomic mass is 10.5. The molecule has 0 aliphatic carbocycles. The molecule has 1 aromatic rings. The molecule has 0 aliphatic heterocycles. The minimum absolute atomic E-state index is 0.300. The summed E-state index contributed by atoms with van der Waals surface area (Å²) in [7, 11) is 0. The van der Waals surface area contributed by atoms with Crippen molar-refractivity contribution in [2.24, 2.45) is 5.73 Å². The van der Waals surface area contributed by atoms with Crippen LogP contribution in [-0.2, 0) is 6.54 Å². The van der Waals surface area contributed by atoms with Crippen LogP contribution in [0.15, 0.2) is 4.42 Å². The SMILES string of the molecule is CCN(CC)c1nnc(CN)o1. The van der Waals surface area contributed by atoms with Gasteiger partial charge in [0.15, 0.2) is 0 Å². The van der Waals surface area contributed by atoms with Crippen molar-refractivity contribution in [2.45, 2.75) is 20.4 Å². The maximum absolute atomic E-state index is 5.33. The summed E-state index contributed by atoms with van der Waals surface area (Å²) >= 11 is 0. The van der Waals surface area contributed by atoms with Crippen molar-refractivity contribution in [3.8, 4) is 0 Å². The highest BCUT2D eigenvalue weighted by Gasteiger charge is 2.09. The van der Waals surface area contributed by atoms with Gasteiger partial charge in [0, 0.05) is 13.1 Å². The Morgan fingerprint density at radius 1 is 1.33 bits per heavy atom. The number of hydrogen-bond acceptors (Lipinski definition) is 5. The molecule has 68 valence electrons. The van der Waals surface area contributed by atoms with Gasteiger partial charge in [-0.2, -0.15) is 0 Å². The number of nitrogens with two attached hydrogens (primary N) is 1. The fourth-order valence-corrected chi connectivity index (χ4v) is 0.949. The summed E-state index contributed by atoms with van der Waals surface area (Å²) in [6.45, 7) is 6.10. The monoisotopic (exact) mass is 170 g/mol. The first-order valence-electron chi connectivity index (χ1n) is 4.09. The minimum Gasteiger partial charge on any atom is -0.407 e. The van der Waals surface area contributed by atoms with E-state index in [1.807, 2.05) is 18.7 Å². The summed E-state index contributed by atoms with van der Waals surface area (Å²) in [5.74, 6) is 0.483. The maximum Gasteiger partial charge on any atom is 0.318 e. The zero-order valence-electron chi connectivity index (χ0n) is 7.45. The zero-order chi connectivity index (χ0) is 8.97. The number of rotatable bonds is 4. The molecule has 0 saturated heterocycles. The Balaban J connectivity index is 2.72. The van der Waals surface area contributed by atoms with Crippen LogP contribution < -0.4 is 10.6 Å². The smallest absolute Gasteiger partial charge is 0.318 e. The molecule has 0 saturated carbocycles. The van der Waals surface area contributed by atoms with Crippen LogP contribution in [0.25, 0.3) is 0 Å². The van der Waals surface area contributed by atoms with Crippen molar-refractivity contribution in [1.29, 1.82) is 0 Å². The van der Waals surface area contributed by atoms with Crippen molar-refractivity contribution in [1.82, 2.24) is 10.2 Å². The lowest BCUT2D eigenvalue weighted by Gasteiger charge is -2.13. The molecular formula is C7H14N4O. The van der Waals surface area contributed by atoms with Crippen molar-refractivity contribution in [3.05, 3.63) is 5.89 Å². The van der Waals surface area contributed by atoms with E-state index >= 15 is 0 Å². The maximum atomic E-state index is 5.33. The van der Waals surface area contributed by atoms with Gasteiger partial charge in [-0.1, -0.05) is 5.10 Å². The van der Waals surface area contributed by atoms with Crippen LogP contribution in [-0.4, -0.2) is 23.3 Å². The molecule has 0 aliphatic rings. The topological polar surface area (TPSA) is 68.2 Å². The van der Waals surface area contributed by atoms with E-state index in [-0.39, 0.29) is 0 Å². The highest BCUT2D eigenvalue weighted by molar-refractivity contribution is 5.22. The predicted molar refractivity (Wildman–Crippen MR) is 45.8 cm³/mol. The van der Waals surface area contributed by atoms with Gasteiger partial charge in [0.05, 0.1) is 6.54 Å². The molecule has 0 radical (unpaired) electrons. The second-order valence-corrected chi connectivity index (χ2v) is 2.35. The van der Waals surface area contributed by atoms with E-state index in [4.69, 9.17) is 10.2 Å². The van der Waals surface area contributed by atoms with E-state index in [9.17, 15) is 0 Å². The Morgan fingerprint density at radius 3 is 2.42 bits per heavy atom. The summed E-state index contributed by atoms with van der Waals surface area (Å²) in [5, 5.41) is 7.63. The first kappa shape index (κ1) is 8.99. The van der Waals surface area contributed by atoms with Crippen LogP contribution in [0.3, 0.4) is 0 Å². The van der Waals surface area contributed by atoms with Crippen molar-refractivity contribution >= 4 is 6.01 Å². The number of anilines is 1. The van der Waals surface area contributed by atoms with E-state index in [1.54, 1.807) is 0 Å². The fourth-order valence-electron chi connectivity index (χ4n) is 0.949. The Morgan fingerprint density at radius 2 is 2.00 bits per heavy atom. The highest BCUT2D eigenvalue weighted by atomic mass is 16.4. The van der Waals surface area contributed by atoms with Gasteiger partial charge in [-0.25, -0.2) is 0 Å². The second kappa shape index (κ2) is 4.06. The molecule has 1 aromatic heterocycles. The summed E-state index contributed by atoms with van der Waals surface area (Å²) in [6.07, 6.45) is 0. The van der Waals surface area contributed by atoms with Crippen LogP contribution >= 0.6 is 0 Å². The number of hydrogen-bond donors (Lipinski definition) is 1. The summed E-state index contributed by atoms with van der Waals surface area (Å²) in [5.41, 5.74) is 5.33. The number of nitrogens with zero attached hydrogens (tertiary/aromatic N) is 3. The normalized spacial score (nSPS) is 10.2. The van der Waals surface area contributed by atoms with Gasteiger partial charge >= 0.3 is 6.01 Å². The van der Waals surface area contributed by atoms with Gasteiger partial charge in [0.25, 0.3) is 0 Å². The molecule has 0 aromatic carbocycles. The van der Waals surface area contributed by atoms with Gasteiger partial charge in [-0.3, -0.25) is 0 Å². The van der Waals surface area contributed by atoms with E-state index in [1.165, 1.54) is 0 Å². The van der Waals surface area contributed by atoms with Crippen LogP contribution in [0.4, 0.5) is 6.01 Å². The van der Waals surface area contributed by atoms with Crippen molar-refractivity contribution in [3.63, 3.8) is 0 Å². The quantitative estimate of drug-likeness (QED) is 0.707. The van der Waals surface area contributed by atoms with E-state index in [2.05, 4.69) is 10.2 Å². The Kier molecular flexibility index (Phi) is 3.04. The van der Waals surface area contributed by atoms with Crippen molar-refractivity contribution < 1.29 is 4.42 Å². The molecule has 5 nitrogen and oxygen atoms in total. The molecule has 0 unspecified atom stereocenters. The molecule has 0 spiro atoms. The average molecular weight is 170 g/mol. The molecule has 0 atom stereocenters. The Bertz CT molecular complexity index is 231. The lowest BCUT2D eigenvalue weighted by Crippen LogP contribution is -2.22. The van der Waals surface area contributed by atoms with Crippen molar-refractivity contribution in [2.75, 3.05) is 18.0 Å². The standard InChI is InChI=1S/C7H14N4O/c1-3-11(4-2)7-10-9-6(5-8)12-7/h3-5,8H2,1-2H3. The van der Waals surface area contributed by atoms with Gasteiger partial charge in [-0.15, -0.1) is 5.10 Å². The zero-order valence-corrected chi connectivity index (χ0v) is 7.45. The summed E-state index contributed by atoms with van der Waals surface area (Å²) < 4.78 is 5.26. The molecule has 1 heterocycles. The first-order valence-corrected chi connectivity index (χ1v) is 4.09. The molecule has 0 amide bonds. The first-order chi connectivity index (χ1) is 5.81. The van der Waals surface area contributed by atoms with E-state index in [0.29, 0.717) is 18.5 Å². The molecular weight excluding hydrogens is 156 g/mol. The molecule has 2 N–H and O–H groups in total. The summed E-state index contributed by atoms with van der Waals surface area (Å²) in [4.78, 5) is 1.98. The fraction of sp³-hybridized carbons (Fsp3) is 0.714. The average Bonchev–Trinajstić information content (AvgIpc) is 2.55. The third-order valence-electron chi connectivity index (χ3n) is 1.66. The van der Waals surface area contributed by atoms with Crippen LogP contribution in [0.5, 0.6) is 0 Å². The molecule has 12 heavy (non-hydrogen) atoms. The molecule has 0 fully saturated rings. The predicted octanol–water partition coefficient (Wildman–Crippen LogP) is 0.375. The molecule has 5 heteroatoms. The van der Waals surface area contributed by atoms with Gasteiger partial charge in [0.1, 0.15) is 0 Å². The van der Waals surface area contributed by atoms with Gasteiger partial charge in [-0.05, 0) is 13.8 Å². The van der Waals surface area contributed by atoms with Gasteiger partial charge < -0.3 is 15.1 Å². The van der Waals surface area contributed by atoms with Gasteiger partial charge in [0.2, 0.25) is 5.89 Å².